The summed E-state index contributed by atoms with van der Waals surface area (Å²) in [4.78, 5) is 4.20. The van der Waals surface area contributed by atoms with Crippen LogP contribution in [0.25, 0.3) is 0 Å². The maximum Gasteiger partial charge on any atom is 0.0951 e. The molecule has 86 valence electrons. The summed E-state index contributed by atoms with van der Waals surface area (Å²) in [7, 11) is 0. The van der Waals surface area contributed by atoms with Gasteiger partial charge in [0.2, 0.25) is 0 Å². The van der Waals surface area contributed by atoms with Gasteiger partial charge in [-0.1, -0.05) is 13.8 Å². The molecule has 0 aromatic carbocycles. The summed E-state index contributed by atoms with van der Waals surface area (Å²) in [5, 5.41) is 0. The maximum absolute atomic E-state index is 6.15. The third-order valence-electron chi connectivity index (χ3n) is 2.64. The summed E-state index contributed by atoms with van der Waals surface area (Å²) in [6.07, 6.45) is 5.90. The lowest BCUT2D eigenvalue weighted by atomic mass is 10.0. The molecule has 0 amide bonds. The zero-order valence-corrected chi connectivity index (χ0v) is 10.8. The number of nitrogens with zero attached hydrogens (tertiary/aromatic N) is 2. The fourth-order valence-corrected chi connectivity index (χ4v) is 2.25. The van der Waals surface area contributed by atoms with E-state index in [1.165, 1.54) is 0 Å². The van der Waals surface area contributed by atoms with Gasteiger partial charge in [-0.2, -0.15) is 11.8 Å². The molecule has 2 N–H and O–H groups in total. The van der Waals surface area contributed by atoms with E-state index in [0.717, 1.165) is 11.4 Å². The van der Waals surface area contributed by atoms with Crippen molar-refractivity contribution in [2.24, 2.45) is 11.7 Å². The minimum absolute atomic E-state index is 0.0804. The molecular weight excluding hydrogens is 206 g/mol. The van der Waals surface area contributed by atoms with E-state index < -0.39 is 0 Å². The van der Waals surface area contributed by atoms with Crippen molar-refractivity contribution in [1.82, 2.24) is 9.55 Å². The van der Waals surface area contributed by atoms with Gasteiger partial charge in [0.1, 0.15) is 0 Å². The third-order valence-corrected chi connectivity index (χ3v) is 3.45. The molecule has 2 unspecified atom stereocenters. The van der Waals surface area contributed by atoms with Gasteiger partial charge in [0.25, 0.3) is 0 Å². The van der Waals surface area contributed by atoms with Crippen LogP contribution in [-0.4, -0.2) is 21.6 Å². The largest absolute Gasteiger partial charge is 0.330 e. The van der Waals surface area contributed by atoms with E-state index in [0.29, 0.717) is 12.0 Å². The first-order valence-corrected chi connectivity index (χ1v) is 6.73. The Morgan fingerprint density at radius 3 is 2.67 bits per heavy atom. The summed E-state index contributed by atoms with van der Waals surface area (Å²) >= 11 is 1.85. The molecule has 0 radical (unpaired) electrons. The number of hydrogen-bond acceptors (Lipinski definition) is 3. The standard InChI is InChI=1S/C11H21N3S/c1-8(2)11(12)10-5-13-7-14(10)9(3)6-15-4/h5,7-9,11H,6,12H2,1-4H3. The number of nitrogens with two attached hydrogens (primary N) is 1. The van der Waals surface area contributed by atoms with Crippen molar-refractivity contribution < 1.29 is 0 Å². The molecule has 0 saturated heterocycles. The van der Waals surface area contributed by atoms with Gasteiger partial charge in [0.15, 0.2) is 0 Å². The molecule has 0 bridgehead atoms. The van der Waals surface area contributed by atoms with Crippen LogP contribution in [0.1, 0.15) is 38.5 Å². The maximum atomic E-state index is 6.15. The van der Waals surface area contributed by atoms with Crippen LogP contribution in [0.5, 0.6) is 0 Å². The van der Waals surface area contributed by atoms with E-state index in [1.807, 2.05) is 24.3 Å². The Morgan fingerprint density at radius 2 is 2.13 bits per heavy atom. The third kappa shape index (κ3) is 2.98. The molecule has 0 aliphatic carbocycles. The number of rotatable bonds is 5. The summed E-state index contributed by atoms with van der Waals surface area (Å²) in [6.45, 7) is 6.48. The highest BCUT2D eigenvalue weighted by Crippen LogP contribution is 2.22. The van der Waals surface area contributed by atoms with Gasteiger partial charge in [-0.15, -0.1) is 0 Å². The topological polar surface area (TPSA) is 43.8 Å². The Hall–Kier alpha value is -0.480. The van der Waals surface area contributed by atoms with Crippen LogP contribution in [0.15, 0.2) is 12.5 Å². The lowest BCUT2D eigenvalue weighted by molar-refractivity contribution is 0.462. The van der Waals surface area contributed by atoms with Crippen LogP contribution in [0, 0.1) is 5.92 Å². The second-order valence-corrected chi connectivity index (χ2v) is 5.21. The zero-order chi connectivity index (χ0) is 11.4. The first-order chi connectivity index (χ1) is 7.07. The second-order valence-electron chi connectivity index (χ2n) is 4.30. The van der Waals surface area contributed by atoms with Crippen molar-refractivity contribution in [3.63, 3.8) is 0 Å². The molecule has 1 aromatic heterocycles. The van der Waals surface area contributed by atoms with E-state index >= 15 is 0 Å². The van der Waals surface area contributed by atoms with Crippen molar-refractivity contribution in [3.8, 4) is 0 Å². The van der Waals surface area contributed by atoms with Gasteiger partial charge < -0.3 is 10.3 Å². The van der Waals surface area contributed by atoms with Crippen molar-refractivity contribution in [2.75, 3.05) is 12.0 Å². The first kappa shape index (κ1) is 12.6. The van der Waals surface area contributed by atoms with Gasteiger partial charge in [0.05, 0.1) is 12.0 Å². The average Bonchev–Trinajstić information content (AvgIpc) is 2.65. The van der Waals surface area contributed by atoms with Crippen molar-refractivity contribution in [3.05, 3.63) is 18.2 Å². The Morgan fingerprint density at radius 1 is 1.47 bits per heavy atom. The lowest BCUT2D eigenvalue weighted by Gasteiger charge is -2.21. The van der Waals surface area contributed by atoms with E-state index in [9.17, 15) is 0 Å². The SMILES string of the molecule is CSCC(C)n1cncc1C(N)C(C)C. The minimum Gasteiger partial charge on any atom is -0.330 e. The van der Waals surface area contributed by atoms with E-state index in [2.05, 4.69) is 36.6 Å². The lowest BCUT2D eigenvalue weighted by Crippen LogP contribution is -2.22. The molecule has 0 spiro atoms. The molecule has 2 atom stereocenters. The van der Waals surface area contributed by atoms with Crippen molar-refractivity contribution >= 4 is 11.8 Å². The minimum atomic E-state index is 0.0804. The zero-order valence-electron chi connectivity index (χ0n) is 9.97. The Bertz CT molecular complexity index is 296. The van der Waals surface area contributed by atoms with E-state index in [1.54, 1.807) is 0 Å². The normalized spacial score (nSPS) is 15.6. The molecule has 1 heterocycles. The number of aromatic nitrogens is 2. The molecule has 1 rings (SSSR count). The highest BCUT2D eigenvalue weighted by Gasteiger charge is 2.17. The van der Waals surface area contributed by atoms with E-state index in [-0.39, 0.29) is 6.04 Å². The predicted octanol–water partition coefficient (Wildman–Crippen LogP) is 2.46. The van der Waals surface area contributed by atoms with Gasteiger partial charge in [0, 0.05) is 24.0 Å². The van der Waals surface area contributed by atoms with Gasteiger partial charge in [-0.05, 0) is 19.1 Å². The number of imidazole rings is 1. The van der Waals surface area contributed by atoms with Crippen molar-refractivity contribution in [1.29, 1.82) is 0 Å². The molecule has 4 heteroatoms. The van der Waals surface area contributed by atoms with Crippen LogP contribution in [0.3, 0.4) is 0 Å². The van der Waals surface area contributed by atoms with Gasteiger partial charge in [-0.25, -0.2) is 4.98 Å². The molecule has 0 fully saturated rings. The number of thioether (sulfide) groups is 1. The molecule has 15 heavy (non-hydrogen) atoms. The van der Waals surface area contributed by atoms with Crippen LogP contribution >= 0.6 is 11.8 Å². The highest BCUT2D eigenvalue weighted by atomic mass is 32.2. The van der Waals surface area contributed by atoms with E-state index in [4.69, 9.17) is 5.73 Å². The number of hydrogen-bond donors (Lipinski definition) is 1. The van der Waals surface area contributed by atoms with Gasteiger partial charge in [-0.3, -0.25) is 0 Å². The molecule has 0 aliphatic rings. The second kappa shape index (κ2) is 5.56. The average molecular weight is 227 g/mol. The fourth-order valence-electron chi connectivity index (χ4n) is 1.60. The Labute approximate surface area is 96.5 Å². The van der Waals surface area contributed by atoms with Crippen molar-refractivity contribution in [2.45, 2.75) is 32.9 Å². The Kier molecular flexibility index (Phi) is 4.67. The first-order valence-electron chi connectivity index (χ1n) is 5.34. The molecule has 3 nitrogen and oxygen atoms in total. The summed E-state index contributed by atoms with van der Waals surface area (Å²) in [5.41, 5.74) is 7.29. The summed E-state index contributed by atoms with van der Waals surface area (Å²) in [6, 6.07) is 0.541. The Balaban J connectivity index is 2.85. The highest BCUT2D eigenvalue weighted by molar-refractivity contribution is 7.98. The molecular formula is C11H21N3S. The monoisotopic (exact) mass is 227 g/mol. The van der Waals surface area contributed by atoms with Crippen LogP contribution in [-0.2, 0) is 0 Å². The molecule has 0 aliphatic heterocycles. The molecule has 0 saturated carbocycles. The quantitative estimate of drug-likeness (QED) is 0.840. The smallest absolute Gasteiger partial charge is 0.0951 e. The predicted molar refractivity (Wildman–Crippen MR) is 67.1 cm³/mol. The van der Waals surface area contributed by atoms with Gasteiger partial charge >= 0.3 is 0 Å². The van der Waals surface area contributed by atoms with Crippen LogP contribution in [0.2, 0.25) is 0 Å². The van der Waals surface area contributed by atoms with Crippen LogP contribution in [0.4, 0.5) is 0 Å². The summed E-state index contributed by atoms with van der Waals surface area (Å²) in [5.74, 6) is 1.54. The molecule has 1 aromatic rings. The van der Waals surface area contributed by atoms with Crippen LogP contribution < -0.4 is 5.73 Å². The summed E-state index contributed by atoms with van der Waals surface area (Å²) < 4.78 is 2.20. The fraction of sp³-hybridized carbons (Fsp3) is 0.727.